The molecule has 2 heterocycles. The molecule has 3 rings (SSSR count). The molecule has 10 heteroatoms. The molecule has 0 bridgehead atoms. The van der Waals surface area contributed by atoms with Crippen molar-refractivity contribution in [2.75, 3.05) is 11.1 Å². The highest BCUT2D eigenvalue weighted by atomic mass is 32.2. The summed E-state index contributed by atoms with van der Waals surface area (Å²) >= 11 is 2.89. The maximum absolute atomic E-state index is 12.4. The predicted molar refractivity (Wildman–Crippen MR) is 114 cm³/mol. The van der Waals surface area contributed by atoms with Crippen molar-refractivity contribution in [3.05, 3.63) is 52.2 Å². The molecule has 2 amide bonds. The summed E-state index contributed by atoms with van der Waals surface area (Å²) in [5, 5.41) is 17.0. The third kappa shape index (κ3) is 5.88. The van der Waals surface area contributed by atoms with Crippen molar-refractivity contribution in [2.24, 2.45) is 7.05 Å². The summed E-state index contributed by atoms with van der Waals surface area (Å²) in [6.07, 6.45) is 1.58. The molecule has 3 aromatic rings. The Kier molecular flexibility index (Phi) is 6.99. The van der Waals surface area contributed by atoms with Gasteiger partial charge < -0.3 is 15.2 Å². The van der Waals surface area contributed by atoms with Gasteiger partial charge in [0.05, 0.1) is 23.0 Å². The van der Waals surface area contributed by atoms with Gasteiger partial charge in [0.2, 0.25) is 5.91 Å². The van der Waals surface area contributed by atoms with E-state index in [1.54, 1.807) is 46.5 Å². The summed E-state index contributed by atoms with van der Waals surface area (Å²) in [6.45, 7) is 4.55. The third-order valence-corrected chi connectivity index (χ3v) is 6.13. The van der Waals surface area contributed by atoms with Gasteiger partial charge in [-0.25, -0.2) is 4.98 Å². The Balaban J connectivity index is 1.53. The summed E-state index contributed by atoms with van der Waals surface area (Å²) in [5.41, 5.74) is 1.89. The molecule has 0 aliphatic heterocycles. The Morgan fingerprint density at radius 1 is 1.31 bits per heavy atom. The van der Waals surface area contributed by atoms with Crippen molar-refractivity contribution >= 4 is 40.6 Å². The lowest BCUT2D eigenvalue weighted by Crippen LogP contribution is -2.23. The molecule has 0 unspecified atom stereocenters. The largest absolute Gasteiger partial charge is 0.346 e. The summed E-state index contributed by atoms with van der Waals surface area (Å²) in [6, 6.07) is 6.85. The number of thioether (sulfide) groups is 1. The van der Waals surface area contributed by atoms with Crippen molar-refractivity contribution in [3.63, 3.8) is 0 Å². The molecule has 0 spiro atoms. The number of anilines is 1. The van der Waals surface area contributed by atoms with Crippen LogP contribution in [0.5, 0.6) is 0 Å². The van der Waals surface area contributed by atoms with Crippen LogP contribution in [0.3, 0.4) is 0 Å². The lowest BCUT2D eigenvalue weighted by Gasteiger charge is -2.08. The Bertz CT molecular complexity index is 998. The van der Waals surface area contributed by atoms with Gasteiger partial charge in [0.15, 0.2) is 5.16 Å². The number of nitrogens with zero attached hydrogens (tertiary/aromatic N) is 4. The van der Waals surface area contributed by atoms with Crippen molar-refractivity contribution in [3.8, 4) is 0 Å². The minimum absolute atomic E-state index is 0.181. The standard InChI is InChI=1S/C19H22N6O2S2/c1-12(2)18-23-15(9-28-18)8-20-17(27)13-5-4-6-14(7-13)22-16(26)10-29-19-24-21-11-25(19)3/h4-7,9,11-12H,8,10H2,1-3H3,(H,20,27)(H,22,26). The molecule has 0 saturated heterocycles. The van der Waals surface area contributed by atoms with Gasteiger partial charge in [0, 0.05) is 29.6 Å². The summed E-state index contributed by atoms with van der Waals surface area (Å²) in [4.78, 5) is 29.1. The van der Waals surface area contributed by atoms with Gasteiger partial charge in [-0.1, -0.05) is 31.7 Å². The zero-order chi connectivity index (χ0) is 20.8. The fraction of sp³-hybridized carbons (Fsp3) is 0.316. The number of aryl methyl sites for hydroxylation is 1. The normalized spacial score (nSPS) is 10.9. The summed E-state index contributed by atoms with van der Waals surface area (Å²) < 4.78 is 1.75. The van der Waals surface area contributed by atoms with E-state index in [1.807, 2.05) is 12.4 Å². The Hall–Kier alpha value is -2.72. The molecule has 0 aliphatic carbocycles. The number of thiazole rings is 1. The van der Waals surface area contributed by atoms with E-state index in [4.69, 9.17) is 0 Å². The predicted octanol–water partition coefficient (Wildman–Crippen LogP) is 3.06. The number of rotatable bonds is 8. The third-order valence-electron chi connectivity index (χ3n) is 3.90. The molecule has 2 aromatic heterocycles. The van der Waals surface area contributed by atoms with Crippen molar-refractivity contribution < 1.29 is 9.59 Å². The number of aromatic nitrogens is 4. The van der Waals surface area contributed by atoms with Crippen LogP contribution in [0.2, 0.25) is 0 Å². The maximum Gasteiger partial charge on any atom is 0.251 e. The molecule has 0 radical (unpaired) electrons. The summed E-state index contributed by atoms with van der Waals surface area (Å²) in [7, 11) is 1.82. The first-order chi connectivity index (χ1) is 13.9. The zero-order valence-corrected chi connectivity index (χ0v) is 18.0. The van der Waals surface area contributed by atoms with Crippen LogP contribution in [0.15, 0.2) is 41.1 Å². The van der Waals surface area contributed by atoms with Crippen LogP contribution >= 0.6 is 23.1 Å². The van der Waals surface area contributed by atoms with E-state index in [0.29, 0.717) is 28.9 Å². The van der Waals surface area contributed by atoms with E-state index in [9.17, 15) is 9.59 Å². The van der Waals surface area contributed by atoms with Crippen LogP contribution in [-0.2, 0) is 18.4 Å². The first-order valence-corrected chi connectivity index (χ1v) is 10.9. The average molecular weight is 431 g/mol. The Morgan fingerprint density at radius 3 is 2.83 bits per heavy atom. The Labute approximate surface area is 177 Å². The van der Waals surface area contributed by atoms with E-state index in [1.165, 1.54) is 11.8 Å². The topological polar surface area (TPSA) is 102 Å². The average Bonchev–Trinajstić information content (AvgIpc) is 3.33. The molecule has 152 valence electrons. The molecule has 0 saturated carbocycles. The molecule has 0 atom stereocenters. The monoisotopic (exact) mass is 430 g/mol. The first-order valence-electron chi connectivity index (χ1n) is 9.01. The fourth-order valence-corrected chi connectivity index (χ4v) is 3.93. The Morgan fingerprint density at radius 2 is 2.14 bits per heavy atom. The first kappa shape index (κ1) is 21.0. The highest BCUT2D eigenvalue weighted by Crippen LogP contribution is 2.19. The SMILES string of the molecule is CC(C)c1nc(CNC(=O)c2cccc(NC(=O)CSc3nncn3C)c2)cs1. The number of carbonyl (C=O) groups excluding carboxylic acids is 2. The maximum atomic E-state index is 12.4. The van der Waals surface area contributed by atoms with Crippen LogP contribution in [-0.4, -0.2) is 37.3 Å². The number of hydrogen-bond acceptors (Lipinski definition) is 7. The number of hydrogen-bond donors (Lipinski definition) is 2. The van der Waals surface area contributed by atoms with Gasteiger partial charge in [-0.05, 0) is 18.2 Å². The van der Waals surface area contributed by atoms with Crippen LogP contribution in [0, 0.1) is 0 Å². The van der Waals surface area contributed by atoms with Crippen molar-refractivity contribution in [1.82, 2.24) is 25.1 Å². The second-order valence-electron chi connectivity index (χ2n) is 6.66. The highest BCUT2D eigenvalue weighted by molar-refractivity contribution is 7.99. The quantitative estimate of drug-likeness (QED) is 0.533. The van der Waals surface area contributed by atoms with Crippen LogP contribution in [0.1, 0.15) is 40.8 Å². The highest BCUT2D eigenvalue weighted by Gasteiger charge is 2.11. The zero-order valence-electron chi connectivity index (χ0n) is 16.4. The molecule has 0 fully saturated rings. The van der Waals surface area contributed by atoms with E-state index in [2.05, 4.69) is 39.7 Å². The van der Waals surface area contributed by atoms with E-state index >= 15 is 0 Å². The number of amides is 2. The van der Waals surface area contributed by atoms with Crippen molar-refractivity contribution in [2.45, 2.75) is 31.5 Å². The van der Waals surface area contributed by atoms with Gasteiger partial charge in [0.1, 0.15) is 6.33 Å². The van der Waals surface area contributed by atoms with E-state index < -0.39 is 0 Å². The molecular formula is C19H22N6O2S2. The molecule has 1 aromatic carbocycles. The van der Waals surface area contributed by atoms with Gasteiger partial charge in [-0.15, -0.1) is 21.5 Å². The second-order valence-corrected chi connectivity index (χ2v) is 8.49. The minimum atomic E-state index is -0.214. The van der Waals surface area contributed by atoms with Gasteiger partial charge in [-0.2, -0.15) is 0 Å². The number of nitrogens with one attached hydrogen (secondary N) is 2. The minimum Gasteiger partial charge on any atom is -0.346 e. The van der Waals surface area contributed by atoms with E-state index in [0.717, 1.165) is 10.7 Å². The van der Waals surface area contributed by atoms with Crippen LogP contribution in [0.25, 0.3) is 0 Å². The lowest BCUT2D eigenvalue weighted by atomic mass is 10.2. The molecule has 0 aliphatic rings. The van der Waals surface area contributed by atoms with Gasteiger partial charge in [0.25, 0.3) is 5.91 Å². The molecule has 8 nitrogen and oxygen atoms in total. The summed E-state index contributed by atoms with van der Waals surface area (Å²) in [5.74, 6) is 0.176. The molecular weight excluding hydrogens is 408 g/mol. The second kappa shape index (κ2) is 9.66. The fourth-order valence-electron chi connectivity index (χ4n) is 2.41. The molecule has 2 N–H and O–H groups in total. The van der Waals surface area contributed by atoms with Gasteiger partial charge in [-0.3, -0.25) is 9.59 Å². The number of carbonyl (C=O) groups is 2. The van der Waals surface area contributed by atoms with Crippen LogP contribution in [0.4, 0.5) is 5.69 Å². The molecule has 29 heavy (non-hydrogen) atoms. The lowest BCUT2D eigenvalue weighted by molar-refractivity contribution is -0.113. The van der Waals surface area contributed by atoms with Crippen LogP contribution < -0.4 is 10.6 Å². The smallest absolute Gasteiger partial charge is 0.251 e. The van der Waals surface area contributed by atoms with Gasteiger partial charge >= 0.3 is 0 Å². The number of benzene rings is 1. The van der Waals surface area contributed by atoms with Crippen molar-refractivity contribution in [1.29, 1.82) is 0 Å². The van der Waals surface area contributed by atoms with E-state index in [-0.39, 0.29) is 17.6 Å².